The molecule has 0 fully saturated rings. The van der Waals surface area contributed by atoms with Gasteiger partial charge in [-0.1, -0.05) is 12.1 Å². The molecule has 5 heteroatoms. The van der Waals surface area contributed by atoms with E-state index in [4.69, 9.17) is 14.2 Å². The Morgan fingerprint density at radius 2 is 1.79 bits per heavy atom. The highest BCUT2D eigenvalue weighted by Crippen LogP contribution is 2.48. The summed E-state index contributed by atoms with van der Waals surface area (Å²) < 4.78 is 16.8. The van der Waals surface area contributed by atoms with Gasteiger partial charge in [-0.3, -0.25) is 0 Å². The third-order valence-electron chi connectivity index (χ3n) is 2.71. The summed E-state index contributed by atoms with van der Waals surface area (Å²) in [4.78, 5) is 11.6. The number of para-hydroxylation sites is 2. The predicted octanol–water partition coefficient (Wildman–Crippen LogP) is 4.13. The molecular formula is C14H9BrO4. The van der Waals surface area contributed by atoms with Crippen molar-refractivity contribution in [2.45, 2.75) is 0 Å². The summed E-state index contributed by atoms with van der Waals surface area (Å²) in [5.41, 5.74) is 0.399. The van der Waals surface area contributed by atoms with Gasteiger partial charge in [0.1, 0.15) is 0 Å². The summed E-state index contributed by atoms with van der Waals surface area (Å²) in [7, 11) is 1.34. The molecule has 3 rings (SSSR count). The number of halogens is 1. The van der Waals surface area contributed by atoms with Gasteiger partial charge in [-0.15, -0.1) is 0 Å². The molecule has 1 aliphatic heterocycles. The molecule has 0 aliphatic carbocycles. The molecule has 0 aromatic heterocycles. The summed E-state index contributed by atoms with van der Waals surface area (Å²) in [5.74, 6) is 1.86. The van der Waals surface area contributed by atoms with E-state index in [2.05, 4.69) is 15.9 Å². The molecule has 0 amide bonds. The standard InChI is InChI=1S/C14H9BrO4/c1-17-14(16)8-6-9(15)13-12(7-8)18-10-4-2-3-5-11(10)19-13/h2-7H,1H3. The van der Waals surface area contributed by atoms with Crippen molar-refractivity contribution in [3.05, 3.63) is 46.4 Å². The van der Waals surface area contributed by atoms with Crippen LogP contribution in [0.3, 0.4) is 0 Å². The zero-order valence-electron chi connectivity index (χ0n) is 9.98. The van der Waals surface area contributed by atoms with Gasteiger partial charge in [-0.05, 0) is 40.2 Å². The van der Waals surface area contributed by atoms with Crippen LogP contribution in [0.1, 0.15) is 10.4 Å². The predicted molar refractivity (Wildman–Crippen MR) is 72.1 cm³/mol. The molecule has 2 aromatic rings. The average molecular weight is 321 g/mol. The molecule has 1 aliphatic rings. The minimum atomic E-state index is -0.425. The second-order valence-corrected chi connectivity index (χ2v) is 4.78. The Kier molecular flexibility index (Phi) is 2.91. The Labute approximate surface area is 118 Å². The monoisotopic (exact) mass is 320 g/mol. The van der Waals surface area contributed by atoms with Crippen molar-refractivity contribution in [2.24, 2.45) is 0 Å². The van der Waals surface area contributed by atoms with Crippen molar-refractivity contribution in [2.75, 3.05) is 7.11 Å². The summed E-state index contributed by atoms with van der Waals surface area (Å²) in [6.07, 6.45) is 0. The number of fused-ring (bicyclic) bond motifs is 2. The SMILES string of the molecule is COC(=O)c1cc(Br)c2c(c1)Oc1ccccc1O2. The van der Waals surface area contributed by atoms with Crippen LogP contribution in [0.4, 0.5) is 0 Å². The molecule has 0 atom stereocenters. The van der Waals surface area contributed by atoms with E-state index in [1.807, 2.05) is 18.2 Å². The van der Waals surface area contributed by atoms with Gasteiger partial charge in [0.25, 0.3) is 0 Å². The van der Waals surface area contributed by atoms with Crippen LogP contribution in [0.15, 0.2) is 40.9 Å². The Bertz CT molecular complexity index is 666. The molecule has 0 radical (unpaired) electrons. The van der Waals surface area contributed by atoms with E-state index >= 15 is 0 Å². The number of hydrogen-bond acceptors (Lipinski definition) is 4. The smallest absolute Gasteiger partial charge is 0.338 e. The lowest BCUT2D eigenvalue weighted by Gasteiger charge is -2.21. The highest BCUT2D eigenvalue weighted by molar-refractivity contribution is 9.10. The summed E-state index contributed by atoms with van der Waals surface area (Å²) in [6, 6.07) is 10.6. The quantitative estimate of drug-likeness (QED) is 0.632. The van der Waals surface area contributed by atoms with Crippen LogP contribution in [0.5, 0.6) is 23.0 Å². The summed E-state index contributed by atoms with van der Waals surface area (Å²) >= 11 is 3.37. The van der Waals surface area contributed by atoms with Crippen LogP contribution in [0.25, 0.3) is 0 Å². The molecule has 4 nitrogen and oxygen atoms in total. The minimum absolute atomic E-state index is 0.399. The maximum atomic E-state index is 11.6. The van der Waals surface area contributed by atoms with Crippen molar-refractivity contribution < 1.29 is 19.0 Å². The van der Waals surface area contributed by atoms with Gasteiger partial charge in [0.05, 0.1) is 17.1 Å². The maximum absolute atomic E-state index is 11.6. The van der Waals surface area contributed by atoms with Crippen LogP contribution < -0.4 is 9.47 Å². The van der Waals surface area contributed by atoms with E-state index in [-0.39, 0.29) is 0 Å². The van der Waals surface area contributed by atoms with Gasteiger partial charge in [0.15, 0.2) is 23.0 Å². The van der Waals surface area contributed by atoms with E-state index in [9.17, 15) is 4.79 Å². The van der Waals surface area contributed by atoms with E-state index in [0.29, 0.717) is 33.0 Å². The molecule has 0 N–H and O–H groups in total. The number of esters is 1. The average Bonchev–Trinajstić information content (AvgIpc) is 2.44. The largest absolute Gasteiger partial charge is 0.465 e. The lowest BCUT2D eigenvalue weighted by atomic mass is 10.2. The number of hydrogen-bond donors (Lipinski definition) is 0. The van der Waals surface area contributed by atoms with Crippen molar-refractivity contribution >= 4 is 21.9 Å². The Morgan fingerprint density at radius 1 is 1.11 bits per heavy atom. The normalized spacial score (nSPS) is 11.7. The highest BCUT2D eigenvalue weighted by Gasteiger charge is 2.23. The fraction of sp³-hybridized carbons (Fsp3) is 0.0714. The first-order chi connectivity index (χ1) is 9.19. The maximum Gasteiger partial charge on any atom is 0.338 e. The molecule has 0 saturated carbocycles. The van der Waals surface area contributed by atoms with Crippen LogP contribution in [-0.2, 0) is 4.74 Å². The molecular weight excluding hydrogens is 312 g/mol. The number of carbonyl (C=O) groups excluding carboxylic acids is 1. The first-order valence-electron chi connectivity index (χ1n) is 5.55. The fourth-order valence-corrected chi connectivity index (χ4v) is 2.35. The lowest BCUT2D eigenvalue weighted by molar-refractivity contribution is 0.0600. The van der Waals surface area contributed by atoms with Crippen molar-refractivity contribution in [3.63, 3.8) is 0 Å². The lowest BCUT2D eigenvalue weighted by Crippen LogP contribution is -2.05. The summed E-state index contributed by atoms with van der Waals surface area (Å²) in [5, 5.41) is 0. The topological polar surface area (TPSA) is 44.8 Å². The van der Waals surface area contributed by atoms with Crippen molar-refractivity contribution in [3.8, 4) is 23.0 Å². The van der Waals surface area contributed by atoms with Crippen molar-refractivity contribution in [1.29, 1.82) is 0 Å². The molecule has 2 aromatic carbocycles. The highest BCUT2D eigenvalue weighted by atomic mass is 79.9. The van der Waals surface area contributed by atoms with E-state index < -0.39 is 5.97 Å². The van der Waals surface area contributed by atoms with Gasteiger partial charge >= 0.3 is 5.97 Å². The minimum Gasteiger partial charge on any atom is -0.465 e. The molecule has 0 saturated heterocycles. The second kappa shape index (κ2) is 4.59. The van der Waals surface area contributed by atoms with Gasteiger partial charge in [-0.2, -0.15) is 0 Å². The van der Waals surface area contributed by atoms with E-state index in [0.717, 1.165) is 0 Å². The molecule has 19 heavy (non-hydrogen) atoms. The van der Waals surface area contributed by atoms with Gasteiger partial charge < -0.3 is 14.2 Å². The first-order valence-corrected chi connectivity index (χ1v) is 6.35. The van der Waals surface area contributed by atoms with Crippen LogP contribution in [-0.4, -0.2) is 13.1 Å². The number of rotatable bonds is 1. The second-order valence-electron chi connectivity index (χ2n) is 3.93. The van der Waals surface area contributed by atoms with Crippen LogP contribution in [0.2, 0.25) is 0 Å². The number of methoxy groups -OCH3 is 1. The summed E-state index contributed by atoms with van der Waals surface area (Å²) in [6.45, 7) is 0. The number of benzene rings is 2. The van der Waals surface area contributed by atoms with Crippen molar-refractivity contribution in [1.82, 2.24) is 0 Å². The zero-order valence-corrected chi connectivity index (χ0v) is 11.6. The number of ether oxygens (including phenoxy) is 3. The number of carbonyl (C=O) groups is 1. The Balaban J connectivity index is 2.08. The van der Waals surface area contributed by atoms with E-state index in [1.54, 1.807) is 18.2 Å². The molecule has 0 unspecified atom stereocenters. The van der Waals surface area contributed by atoms with Crippen LogP contribution in [0, 0.1) is 0 Å². The third kappa shape index (κ3) is 2.06. The first kappa shape index (κ1) is 12.0. The molecule has 96 valence electrons. The van der Waals surface area contributed by atoms with Crippen LogP contribution >= 0.6 is 15.9 Å². The fourth-order valence-electron chi connectivity index (χ4n) is 1.83. The van der Waals surface area contributed by atoms with Gasteiger partial charge in [0.2, 0.25) is 0 Å². The van der Waals surface area contributed by atoms with Gasteiger partial charge in [-0.25, -0.2) is 4.79 Å². The molecule has 0 spiro atoms. The molecule has 1 heterocycles. The third-order valence-corrected chi connectivity index (χ3v) is 3.30. The Morgan fingerprint density at radius 3 is 2.47 bits per heavy atom. The van der Waals surface area contributed by atoms with E-state index in [1.165, 1.54) is 7.11 Å². The molecule has 0 bridgehead atoms. The van der Waals surface area contributed by atoms with Gasteiger partial charge in [0, 0.05) is 0 Å². The zero-order chi connectivity index (χ0) is 13.4. The Hall–Kier alpha value is -2.01.